The monoisotopic (exact) mass is 263 g/mol. The van der Waals surface area contributed by atoms with Crippen molar-refractivity contribution in [3.8, 4) is 5.75 Å². The van der Waals surface area contributed by atoms with Crippen molar-refractivity contribution in [3.05, 3.63) is 30.3 Å². The summed E-state index contributed by atoms with van der Waals surface area (Å²) in [5, 5.41) is 3.54. The molecular weight excluding hydrogens is 234 g/mol. The van der Waals surface area contributed by atoms with Crippen LogP contribution in [0.2, 0.25) is 0 Å². The molecule has 108 valence electrons. The topological polar surface area (TPSA) is 21.3 Å². The number of hydrogen-bond acceptors (Lipinski definition) is 2. The van der Waals surface area contributed by atoms with Crippen molar-refractivity contribution in [2.75, 3.05) is 13.2 Å². The molecule has 0 aliphatic carbocycles. The minimum absolute atomic E-state index is 0.232. The summed E-state index contributed by atoms with van der Waals surface area (Å²) in [5.74, 6) is 1.73. The zero-order chi connectivity index (χ0) is 14.1. The lowest BCUT2D eigenvalue weighted by molar-refractivity contribution is 0.289. The first-order chi connectivity index (χ1) is 8.97. The molecule has 1 unspecified atom stereocenters. The Morgan fingerprint density at radius 3 is 2.42 bits per heavy atom. The fourth-order valence-corrected chi connectivity index (χ4v) is 1.98. The Bertz CT molecular complexity index is 329. The van der Waals surface area contributed by atoms with Crippen molar-refractivity contribution in [1.29, 1.82) is 0 Å². The molecule has 2 heteroatoms. The van der Waals surface area contributed by atoms with Crippen molar-refractivity contribution >= 4 is 0 Å². The van der Waals surface area contributed by atoms with Gasteiger partial charge in [0.25, 0.3) is 0 Å². The zero-order valence-corrected chi connectivity index (χ0v) is 12.9. The maximum Gasteiger partial charge on any atom is 0.119 e. The van der Waals surface area contributed by atoms with Crippen molar-refractivity contribution in [2.24, 2.45) is 5.92 Å². The van der Waals surface area contributed by atoms with Crippen LogP contribution in [0.3, 0.4) is 0 Å². The van der Waals surface area contributed by atoms with Crippen LogP contribution in [0.5, 0.6) is 5.75 Å². The minimum atomic E-state index is 0.232. The van der Waals surface area contributed by atoms with Gasteiger partial charge in [0.05, 0.1) is 6.61 Å². The van der Waals surface area contributed by atoms with Crippen molar-refractivity contribution < 1.29 is 4.74 Å². The molecule has 1 rings (SSSR count). The highest BCUT2D eigenvalue weighted by Crippen LogP contribution is 2.13. The maximum absolute atomic E-state index is 5.70. The second-order valence-electron chi connectivity index (χ2n) is 6.37. The standard InChI is InChI=1S/C17H29NO/c1-15(12-13-18-17(2,3)4)9-8-14-19-16-10-6-5-7-11-16/h5-7,10-11,15,18H,8-9,12-14H2,1-4H3. The minimum Gasteiger partial charge on any atom is -0.494 e. The van der Waals surface area contributed by atoms with Crippen LogP contribution >= 0.6 is 0 Å². The molecule has 0 radical (unpaired) electrons. The molecule has 19 heavy (non-hydrogen) atoms. The number of rotatable bonds is 8. The summed E-state index contributed by atoms with van der Waals surface area (Å²) in [6.07, 6.45) is 3.60. The van der Waals surface area contributed by atoms with Crippen LogP contribution in [0.1, 0.15) is 47.0 Å². The van der Waals surface area contributed by atoms with Gasteiger partial charge in [0, 0.05) is 5.54 Å². The highest BCUT2D eigenvalue weighted by Gasteiger charge is 2.09. The summed E-state index contributed by atoms with van der Waals surface area (Å²) >= 11 is 0. The fraction of sp³-hybridized carbons (Fsp3) is 0.647. The summed E-state index contributed by atoms with van der Waals surface area (Å²) < 4.78 is 5.70. The lowest BCUT2D eigenvalue weighted by atomic mass is 10.0. The first-order valence-corrected chi connectivity index (χ1v) is 7.40. The van der Waals surface area contributed by atoms with Crippen molar-refractivity contribution in [2.45, 2.75) is 52.5 Å². The molecule has 0 aliphatic heterocycles. The molecule has 0 bridgehead atoms. The largest absolute Gasteiger partial charge is 0.494 e. The summed E-state index contributed by atoms with van der Waals surface area (Å²) in [4.78, 5) is 0. The Morgan fingerprint density at radius 1 is 1.11 bits per heavy atom. The highest BCUT2D eigenvalue weighted by atomic mass is 16.5. The van der Waals surface area contributed by atoms with Gasteiger partial charge in [-0.1, -0.05) is 25.1 Å². The van der Waals surface area contributed by atoms with E-state index in [-0.39, 0.29) is 5.54 Å². The molecule has 1 atom stereocenters. The molecular formula is C17H29NO. The third-order valence-electron chi connectivity index (χ3n) is 3.15. The van der Waals surface area contributed by atoms with E-state index < -0.39 is 0 Å². The maximum atomic E-state index is 5.70. The van der Waals surface area contributed by atoms with E-state index in [1.54, 1.807) is 0 Å². The van der Waals surface area contributed by atoms with Crippen LogP contribution < -0.4 is 10.1 Å². The SMILES string of the molecule is CC(CCCOc1ccccc1)CCNC(C)(C)C. The number of para-hydroxylation sites is 1. The third kappa shape index (κ3) is 8.66. The predicted molar refractivity (Wildman–Crippen MR) is 82.7 cm³/mol. The van der Waals surface area contributed by atoms with Gasteiger partial charge >= 0.3 is 0 Å². The second kappa shape index (κ2) is 8.21. The van der Waals surface area contributed by atoms with E-state index in [2.05, 4.69) is 33.0 Å². The Balaban J connectivity index is 2.03. The lowest BCUT2D eigenvalue weighted by Gasteiger charge is -2.22. The van der Waals surface area contributed by atoms with Gasteiger partial charge in [-0.3, -0.25) is 0 Å². The first-order valence-electron chi connectivity index (χ1n) is 7.40. The molecule has 0 saturated heterocycles. The van der Waals surface area contributed by atoms with E-state index in [4.69, 9.17) is 4.74 Å². The fourth-order valence-electron chi connectivity index (χ4n) is 1.98. The van der Waals surface area contributed by atoms with Gasteiger partial charge in [-0.05, 0) is 64.6 Å². The van der Waals surface area contributed by atoms with Crippen LogP contribution in [0.25, 0.3) is 0 Å². The predicted octanol–water partition coefficient (Wildman–Crippen LogP) is 4.26. The van der Waals surface area contributed by atoms with Crippen LogP contribution in [-0.2, 0) is 0 Å². The van der Waals surface area contributed by atoms with Crippen molar-refractivity contribution in [1.82, 2.24) is 5.32 Å². The summed E-state index contributed by atoms with van der Waals surface area (Å²) in [6.45, 7) is 10.9. The quantitative estimate of drug-likeness (QED) is 0.708. The van der Waals surface area contributed by atoms with E-state index in [0.29, 0.717) is 0 Å². The normalized spacial score (nSPS) is 13.3. The molecule has 0 heterocycles. The molecule has 0 amide bonds. The molecule has 2 nitrogen and oxygen atoms in total. The zero-order valence-electron chi connectivity index (χ0n) is 12.9. The Kier molecular flexibility index (Phi) is 6.93. The number of benzene rings is 1. The number of ether oxygens (including phenoxy) is 1. The number of nitrogens with one attached hydrogen (secondary N) is 1. The Morgan fingerprint density at radius 2 is 1.79 bits per heavy atom. The van der Waals surface area contributed by atoms with E-state index in [1.807, 2.05) is 30.3 Å². The van der Waals surface area contributed by atoms with Gasteiger partial charge in [0.2, 0.25) is 0 Å². The molecule has 0 saturated carbocycles. The first kappa shape index (κ1) is 16.0. The van der Waals surface area contributed by atoms with Crippen LogP contribution in [0.15, 0.2) is 30.3 Å². The average molecular weight is 263 g/mol. The lowest BCUT2D eigenvalue weighted by Crippen LogP contribution is -2.36. The van der Waals surface area contributed by atoms with E-state index in [0.717, 1.165) is 31.2 Å². The molecule has 1 aromatic rings. The third-order valence-corrected chi connectivity index (χ3v) is 3.15. The van der Waals surface area contributed by atoms with Gasteiger partial charge in [-0.2, -0.15) is 0 Å². The van der Waals surface area contributed by atoms with Crippen LogP contribution in [-0.4, -0.2) is 18.7 Å². The van der Waals surface area contributed by atoms with Gasteiger partial charge in [0.1, 0.15) is 5.75 Å². The van der Waals surface area contributed by atoms with Gasteiger partial charge in [0.15, 0.2) is 0 Å². The van der Waals surface area contributed by atoms with Gasteiger partial charge in [-0.25, -0.2) is 0 Å². The van der Waals surface area contributed by atoms with E-state index >= 15 is 0 Å². The molecule has 0 fully saturated rings. The van der Waals surface area contributed by atoms with Crippen molar-refractivity contribution in [3.63, 3.8) is 0 Å². The van der Waals surface area contributed by atoms with E-state index in [9.17, 15) is 0 Å². The molecule has 0 spiro atoms. The molecule has 1 aromatic carbocycles. The average Bonchev–Trinajstić information content (AvgIpc) is 2.34. The van der Waals surface area contributed by atoms with Gasteiger partial charge in [-0.15, -0.1) is 0 Å². The smallest absolute Gasteiger partial charge is 0.119 e. The number of hydrogen-bond donors (Lipinski definition) is 1. The Labute approximate surface area is 118 Å². The molecule has 0 aliphatic rings. The van der Waals surface area contributed by atoms with Gasteiger partial charge < -0.3 is 10.1 Å². The molecule has 1 N–H and O–H groups in total. The molecule has 0 aromatic heterocycles. The summed E-state index contributed by atoms with van der Waals surface area (Å²) in [7, 11) is 0. The van der Waals surface area contributed by atoms with Crippen LogP contribution in [0, 0.1) is 5.92 Å². The summed E-state index contributed by atoms with van der Waals surface area (Å²) in [6, 6.07) is 10.1. The summed E-state index contributed by atoms with van der Waals surface area (Å²) in [5.41, 5.74) is 0.232. The highest BCUT2D eigenvalue weighted by molar-refractivity contribution is 5.20. The van der Waals surface area contributed by atoms with E-state index in [1.165, 1.54) is 12.8 Å². The second-order valence-corrected chi connectivity index (χ2v) is 6.37. The van der Waals surface area contributed by atoms with Crippen LogP contribution in [0.4, 0.5) is 0 Å². The Hall–Kier alpha value is -1.02.